The van der Waals surface area contributed by atoms with Crippen LogP contribution in [0.25, 0.3) is 16.3 Å². The molecule has 0 amide bonds. The second-order valence-electron chi connectivity index (χ2n) is 7.38. The van der Waals surface area contributed by atoms with Gasteiger partial charge in [-0.25, -0.2) is 14.4 Å². The number of benzene rings is 1. The van der Waals surface area contributed by atoms with E-state index in [1.165, 1.54) is 11.3 Å². The lowest BCUT2D eigenvalue weighted by Gasteiger charge is -2.07. The molecule has 7 nitrogen and oxygen atoms in total. The molecular formula is C24H21N5O2S2. The lowest BCUT2D eigenvalue weighted by atomic mass is 10.3. The van der Waals surface area contributed by atoms with Crippen molar-refractivity contribution < 1.29 is 4.42 Å². The van der Waals surface area contributed by atoms with Gasteiger partial charge in [0.25, 0.3) is 5.56 Å². The van der Waals surface area contributed by atoms with Gasteiger partial charge in [-0.05, 0) is 49.6 Å². The molecule has 4 aromatic heterocycles. The van der Waals surface area contributed by atoms with Crippen molar-refractivity contribution in [2.45, 2.75) is 13.8 Å². The molecule has 5 rings (SSSR count). The van der Waals surface area contributed by atoms with E-state index in [0.29, 0.717) is 22.0 Å². The number of hydrogen-bond acceptors (Lipinski definition) is 6. The molecule has 5 aromatic rings. The highest BCUT2D eigenvalue weighted by Crippen LogP contribution is 2.26. The molecule has 0 spiro atoms. The topological polar surface area (TPSA) is 69.7 Å². The maximum absolute atomic E-state index is 13.4. The Labute approximate surface area is 197 Å². The molecular weight excluding hydrogens is 454 g/mol. The fraction of sp³-hybridized carbons (Fsp3) is 0.125. The maximum atomic E-state index is 13.4. The van der Waals surface area contributed by atoms with Gasteiger partial charge in [0.05, 0.1) is 28.2 Å². The summed E-state index contributed by atoms with van der Waals surface area (Å²) in [5, 5.41) is 8.84. The number of aromatic nitrogens is 3. The second kappa shape index (κ2) is 8.68. The van der Waals surface area contributed by atoms with Crippen LogP contribution in [0, 0.1) is 6.92 Å². The van der Waals surface area contributed by atoms with Gasteiger partial charge in [-0.15, -0.1) is 22.7 Å². The first-order valence-corrected chi connectivity index (χ1v) is 12.0. The highest BCUT2D eigenvalue weighted by Gasteiger charge is 2.17. The van der Waals surface area contributed by atoms with Crippen LogP contribution in [0.2, 0.25) is 0 Å². The van der Waals surface area contributed by atoms with Crippen LogP contribution in [0.3, 0.4) is 0 Å². The number of furan rings is 1. The Hall–Kier alpha value is -3.69. The molecule has 1 aromatic carbocycles. The fourth-order valence-corrected chi connectivity index (χ4v) is 5.16. The molecule has 0 radical (unpaired) electrons. The molecule has 33 heavy (non-hydrogen) atoms. The summed E-state index contributed by atoms with van der Waals surface area (Å²) in [5.41, 5.74) is 3.40. The zero-order valence-electron chi connectivity index (χ0n) is 18.3. The van der Waals surface area contributed by atoms with Gasteiger partial charge in [0.2, 0.25) is 4.80 Å². The Morgan fingerprint density at radius 2 is 1.85 bits per heavy atom. The van der Waals surface area contributed by atoms with Crippen LogP contribution in [0.5, 0.6) is 0 Å². The zero-order chi connectivity index (χ0) is 22.9. The standard InChI is InChI=1S/C24H21N5O2S2/c1-16(20-11-7-13-31-20)26-28-19(21-12-8-14-32-21)15-33-24(28)25-22-17(2)27(3)29(23(22)30)18-9-5-4-6-10-18/h4-15H,1-3H3. The second-order valence-corrected chi connectivity index (χ2v) is 9.16. The molecule has 0 N–H and O–H groups in total. The van der Waals surface area contributed by atoms with Crippen LogP contribution in [-0.4, -0.2) is 19.8 Å². The third-order valence-corrected chi connectivity index (χ3v) is 7.03. The Morgan fingerprint density at radius 1 is 1.03 bits per heavy atom. The van der Waals surface area contributed by atoms with E-state index in [4.69, 9.17) is 14.5 Å². The normalized spacial score (nSPS) is 12.6. The average Bonchev–Trinajstić information content (AvgIpc) is 3.62. The fourth-order valence-electron chi connectivity index (χ4n) is 3.53. The summed E-state index contributed by atoms with van der Waals surface area (Å²) in [5.74, 6) is 0.680. The molecule has 0 aliphatic heterocycles. The number of rotatable bonds is 5. The summed E-state index contributed by atoms with van der Waals surface area (Å²) in [6.07, 6.45) is 1.62. The largest absolute Gasteiger partial charge is 0.463 e. The van der Waals surface area contributed by atoms with E-state index in [9.17, 15) is 4.79 Å². The van der Waals surface area contributed by atoms with E-state index in [1.807, 2.05) is 90.9 Å². The minimum absolute atomic E-state index is 0.175. The van der Waals surface area contributed by atoms with Crippen molar-refractivity contribution in [3.63, 3.8) is 0 Å². The van der Waals surface area contributed by atoms with Gasteiger partial charge < -0.3 is 4.42 Å². The Balaban J connectivity index is 1.72. The number of thiazole rings is 1. The summed E-state index contributed by atoms with van der Waals surface area (Å²) in [7, 11) is 1.86. The molecule has 0 bridgehead atoms. The molecule has 0 aliphatic rings. The smallest absolute Gasteiger partial charge is 0.297 e. The summed E-state index contributed by atoms with van der Waals surface area (Å²) in [6, 6.07) is 17.3. The van der Waals surface area contributed by atoms with Gasteiger partial charge in [0.1, 0.15) is 11.5 Å². The van der Waals surface area contributed by atoms with Crippen LogP contribution in [-0.2, 0) is 7.05 Å². The van der Waals surface area contributed by atoms with Crippen LogP contribution >= 0.6 is 22.7 Å². The number of thiophene rings is 1. The first kappa shape index (κ1) is 21.2. The molecule has 0 aliphatic carbocycles. The maximum Gasteiger partial charge on any atom is 0.297 e. The third kappa shape index (κ3) is 3.85. The van der Waals surface area contributed by atoms with Crippen molar-refractivity contribution in [3.8, 4) is 16.3 Å². The van der Waals surface area contributed by atoms with Gasteiger partial charge in [0, 0.05) is 12.4 Å². The Bertz CT molecular complexity index is 1550. The monoisotopic (exact) mass is 475 g/mol. The van der Waals surface area contributed by atoms with Gasteiger partial charge in [-0.3, -0.25) is 9.48 Å². The number of hydrogen-bond donors (Lipinski definition) is 0. The van der Waals surface area contributed by atoms with Crippen molar-refractivity contribution in [1.82, 2.24) is 14.0 Å². The molecule has 4 heterocycles. The van der Waals surface area contributed by atoms with Gasteiger partial charge in [0.15, 0.2) is 5.69 Å². The number of nitrogens with zero attached hydrogens (tertiary/aromatic N) is 5. The van der Waals surface area contributed by atoms with E-state index in [-0.39, 0.29) is 5.56 Å². The highest BCUT2D eigenvalue weighted by molar-refractivity contribution is 7.14. The van der Waals surface area contributed by atoms with Crippen LogP contribution < -0.4 is 10.4 Å². The van der Waals surface area contributed by atoms with Crippen molar-refractivity contribution in [1.29, 1.82) is 0 Å². The SMILES string of the molecule is CC(=Nn1c(-c2cccs2)csc1=Nc1c(C)n(C)n(-c2ccccc2)c1=O)c1ccco1. The quantitative estimate of drug-likeness (QED) is 0.329. The minimum Gasteiger partial charge on any atom is -0.463 e. The molecule has 0 unspecified atom stereocenters. The molecule has 0 fully saturated rings. The van der Waals surface area contributed by atoms with Gasteiger partial charge in [-0.2, -0.15) is 5.10 Å². The van der Waals surface area contributed by atoms with E-state index in [1.54, 1.807) is 27.0 Å². The number of para-hydroxylation sites is 1. The van der Waals surface area contributed by atoms with Crippen molar-refractivity contribution in [2.24, 2.45) is 17.1 Å². The molecule has 0 saturated heterocycles. The predicted octanol–water partition coefficient (Wildman–Crippen LogP) is 5.17. The van der Waals surface area contributed by atoms with Crippen LogP contribution in [0.4, 0.5) is 5.69 Å². The van der Waals surface area contributed by atoms with Crippen LogP contribution in [0.1, 0.15) is 18.4 Å². The molecule has 9 heteroatoms. The molecule has 0 atom stereocenters. The van der Waals surface area contributed by atoms with Gasteiger partial charge in [-0.1, -0.05) is 24.3 Å². The van der Waals surface area contributed by atoms with E-state index in [0.717, 1.165) is 22.0 Å². The van der Waals surface area contributed by atoms with Gasteiger partial charge >= 0.3 is 0 Å². The van der Waals surface area contributed by atoms with Crippen LogP contribution in [0.15, 0.2) is 90.9 Å². The predicted molar refractivity (Wildman–Crippen MR) is 133 cm³/mol. The minimum atomic E-state index is -0.175. The average molecular weight is 476 g/mol. The first-order valence-electron chi connectivity index (χ1n) is 10.3. The first-order chi connectivity index (χ1) is 16.0. The van der Waals surface area contributed by atoms with E-state index in [2.05, 4.69) is 0 Å². The Morgan fingerprint density at radius 3 is 2.55 bits per heavy atom. The zero-order valence-corrected chi connectivity index (χ0v) is 19.9. The van der Waals surface area contributed by atoms with Crippen molar-refractivity contribution in [2.75, 3.05) is 0 Å². The van der Waals surface area contributed by atoms with Crippen molar-refractivity contribution >= 4 is 34.1 Å². The third-order valence-electron chi connectivity index (χ3n) is 5.32. The summed E-state index contributed by atoms with van der Waals surface area (Å²) < 4.78 is 10.8. The Kier molecular flexibility index (Phi) is 5.57. The van der Waals surface area contributed by atoms with E-state index >= 15 is 0 Å². The lowest BCUT2D eigenvalue weighted by molar-refractivity contribution is 0.556. The summed E-state index contributed by atoms with van der Waals surface area (Å²) in [6.45, 7) is 3.79. The lowest BCUT2D eigenvalue weighted by Crippen LogP contribution is -2.20. The van der Waals surface area contributed by atoms with Crippen molar-refractivity contribution in [3.05, 3.63) is 98.2 Å². The molecule has 166 valence electrons. The molecule has 0 saturated carbocycles. The summed E-state index contributed by atoms with van der Waals surface area (Å²) in [4.78, 5) is 19.8. The highest BCUT2D eigenvalue weighted by atomic mass is 32.1. The van der Waals surface area contributed by atoms with E-state index < -0.39 is 0 Å². The summed E-state index contributed by atoms with van der Waals surface area (Å²) >= 11 is 3.07.